The SMILES string of the molecule is Nc1nc2c(ncn2[C@@H]2O[C@H](CO)C3OP(=O)(O)OC32)c(=O)[nH]1. The summed E-state index contributed by atoms with van der Waals surface area (Å²) < 4.78 is 28.5. The first-order valence-corrected chi connectivity index (χ1v) is 8.07. The van der Waals surface area contributed by atoms with Crippen LogP contribution in [0.3, 0.4) is 0 Å². The number of H-pyrrole nitrogens is 1. The summed E-state index contributed by atoms with van der Waals surface area (Å²) in [6.45, 7) is -0.441. The van der Waals surface area contributed by atoms with Crippen molar-refractivity contribution in [2.45, 2.75) is 24.5 Å². The molecule has 0 aromatic carbocycles. The third-order valence-corrected chi connectivity index (χ3v) is 4.72. The maximum atomic E-state index is 11.8. The van der Waals surface area contributed by atoms with E-state index in [1.165, 1.54) is 10.9 Å². The number of aromatic amines is 1. The summed E-state index contributed by atoms with van der Waals surface area (Å²) in [6, 6.07) is 0. The number of aliphatic hydroxyl groups is 1. The van der Waals surface area contributed by atoms with Crippen molar-refractivity contribution in [3.05, 3.63) is 16.7 Å². The number of nitrogens with zero attached hydrogens (tertiary/aromatic N) is 3. The first-order valence-electron chi connectivity index (χ1n) is 6.58. The van der Waals surface area contributed by atoms with E-state index in [1.807, 2.05) is 0 Å². The maximum Gasteiger partial charge on any atom is 0.473 e. The van der Waals surface area contributed by atoms with Crippen LogP contribution in [0, 0.1) is 0 Å². The molecule has 0 spiro atoms. The molecule has 0 aliphatic carbocycles. The molecular weight excluding hydrogens is 333 g/mol. The number of phosphoric ester groups is 1. The average Bonchev–Trinajstić information content (AvgIpc) is 3.09. The molecule has 4 rings (SSSR count). The fraction of sp³-hybridized carbons (Fsp3) is 0.500. The number of nitrogens with two attached hydrogens (primary N) is 1. The van der Waals surface area contributed by atoms with Crippen molar-refractivity contribution in [2.24, 2.45) is 0 Å². The third-order valence-electron chi connectivity index (χ3n) is 3.70. The molecule has 124 valence electrons. The van der Waals surface area contributed by atoms with Gasteiger partial charge in [-0.1, -0.05) is 0 Å². The molecule has 0 saturated carbocycles. The number of imidazole rings is 1. The molecule has 5 N–H and O–H groups in total. The van der Waals surface area contributed by atoms with E-state index in [4.69, 9.17) is 19.5 Å². The number of aliphatic hydroxyl groups excluding tert-OH is 1. The van der Waals surface area contributed by atoms with Gasteiger partial charge in [-0.2, -0.15) is 4.98 Å². The topological polar surface area (TPSA) is 175 Å². The van der Waals surface area contributed by atoms with Crippen LogP contribution in [0.5, 0.6) is 0 Å². The molecule has 4 heterocycles. The van der Waals surface area contributed by atoms with Gasteiger partial charge in [-0.15, -0.1) is 0 Å². The van der Waals surface area contributed by atoms with Crippen molar-refractivity contribution in [1.82, 2.24) is 19.5 Å². The molecular formula is C10H12N5O7P. The monoisotopic (exact) mass is 345 g/mol. The second-order valence-electron chi connectivity index (χ2n) is 5.13. The smallest absolute Gasteiger partial charge is 0.394 e. The Hall–Kier alpha value is -1.82. The Morgan fingerprint density at radius 3 is 2.91 bits per heavy atom. The van der Waals surface area contributed by atoms with Crippen molar-refractivity contribution in [3.8, 4) is 0 Å². The van der Waals surface area contributed by atoms with Crippen molar-refractivity contribution in [2.75, 3.05) is 12.3 Å². The molecule has 2 aromatic heterocycles. The Labute approximate surface area is 127 Å². The van der Waals surface area contributed by atoms with Gasteiger partial charge in [0.15, 0.2) is 17.4 Å². The lowest BCUT2D eigenvalue weighted by Crippen LogP contribution is -2.30. The van der Waals surface area contributed by atoms with Crippen LogP contribution in [-0.2, 0) is 18.3 Å². The fourth-order valence-corrected chi connectivity index (χ4v) is 3.92. The van der Waals surface area contributed by atoms with Crippen LogP contribution in [0.1, 0.15) is 6.23 Å². The minimum atomic E-state index is -4.23. The Kier molecular flexibility index (Phi) is 3.10. The highest BCUT2D eigenvalue weighted by atomic mass is 31.2. The summed E-state index contributed by atoms with van der Waals surface area (Å²) in [5.41, 5.74) is 5.14. The minimum absolute atomic E-state index is 0.0258. The number of aromatic nitrogens is 4. The van der Waals surface area contributed by atoms with Crippen LogP contribution in [0.2, 0.25) is 0 Å². The molecule has 2 aromatic rings. The molecule has 0 bridgehead atoms. The minimum Gasteiger partial charge on any atom is -0.394 e. The lowest BCUT2D eigenvalue weighted by Gasteiger charge is -2.18. The summed E-state index contributed by atoms with van der Waals surface area (Å²) in [6.07, 6.45) is -2.46. The normalized spacial score (nSPS) is 36.6. The van der Waals surface area contributed by atoms with Crippen LogP contribution in [0.25, 0.3) is 11.2 Å². The molecule has 13 heteroatoms. The van der Waals surface area contributed by atoms with Crippen molar-refractivity contribution < 1.29 is 28.3 Å². The second-order valence-corrected chi connectivity index (χ2v) is 6.49. The molecule has 2 saturated heterocycles. The van der Waals surface area contributed by atoms with Gasteiger partial charge in [-0.25, -0.2) is 9.55 Å². The van der Waals surface area contributed by atoms with Crippen molar-refractivity contribution in [3.63, 3.8) is 0 Å². The highest BCUT2D eigenvalue weighted by Crippen LogP contribution is 2.58. The van der Waals surface area contributed by atoms with Gasteiger partial charge in [-0.05, 0) is 0 Å². The van der Waals surface area contributed by atoms with Gasteiger partial charge in [-0.3, -0.25) is 23.4 Å². The van der Waals surface area contributed by atoms with Crippen LogP contribution < -0.4 is 11.3 Å². The van der Waals surface area contributed by atoms with Crippen LogP contribution in [0.4, 0.5) is 5.95 Å². The van der Waals surface area contributed by atoms with Crippen LogP contribution in [0.15, 0.2) is 11.1 Å². The van der Waals surface area contributed by atoms with Gasteiger partial charge < -0.3 is 20.5 Å². The molecule has 2 aliphatic heterocycles. The fourth-order valence-electron chi connectivity index (χ4n) is 2.78. The molecule has 23 heavy (non-hydrogen) atoms. The molecule has 5 atom stereocenters. The van der Waals surface area contributed by atoms with E-state index in [1.54, 1.807) is 0 Å². The summed E-state index contributed by atoms with van der Waals surface area (Å²) in [5, 5.41) is 9.35. The number of fused-ring (bicyclic) bond motifs is 2. The summed E-state index contributed by atoms with van der Waals surface area (Å²) >= 11 is 0. The lowest BCUT2D eigenvalue weighted by atomic mass is 10.1. The number of nitrogen functional groups attached to an aromatic ring is 1. The second kappa shape index (κ2) is 4.84. The quantitative estimate of drug-likeness (QED) is 0.467. The predicted molar refractivity (Wildman–Crippen MR) is 73.1 cm³/mol. The lowest BCUT2D eigenvalue weighted by molar-refractivity contribution is -0.0589. The zero-order chi connectivity index (χ0) is 16.4. The van der Waals surface area contributed by atoms with E-state index >= 15 is 0 Å². The van der Waals surface area contributed by atoms with E-state index < -0.39 is 44.5 Å². The highest BCUT2D eigenvalue weighted by Gasteiger charge is 2.57. The number of hydrogen-bond acceptors (Lipinski definition) is 9. The third kappa shape index (κ3) is 2.19. The van der Waals surface area contributed by atoms with Gasteiger partial charge in [0.2, 0.25) is 5.95 Å². The Balaban J connectivity index is 1.82. The first-order chi connectivity index (χ1) is 10.9. The Bertz CT molecular complexity index is 880. The van der Waals surface area contributed by atoms with Crippen molar-refractivity contribution in [1.29, 1.82) is 0 Å². The molecule has 3 unspecified atom stereocenters. The Morgan fingerprint density at radius 2 is 2.17 bits per heavy atom. The number of nitrogens with one attached hydrogen (secondary N) is 1. The highest BCUT2D eigenvalue weighted by molar-refractivity contribution is 7.47. The zero-order valence-corrected chi connectivity index (χ0v) is 12.3. The van der Waals surface area contributed by atoms with Gasteiger partial charge in [0, 0.05) is 0 Å². The van der Waals surface area contributed by atoms with Crippen LogP contribution in [-0.4, -0.2) is 54.4 Å². The largest absolute Gasteiger partial charge is 0.473 e. The molecule has 0 radical (unpaired) electrons. The molecule has 12 nitrogen and oxygen atoms in total. The van der Waals surface area contributed by atoms with Gasteiger partial charge in [0.1, 0.15) is 18.3 Å². The summed E-state index contributed by atoms with van der Waals surface area (Å²) in [4.78, 5) is 31.5. The zero-order valence-electron chi connectivity index (χ0n) is 11.4. The van der Waals surface area contributed by atoms with E-state index in [0.717, 1.165) is 0 Å². The number of phosphoric acid groups is 1. The van der Waals surface area contributed by atoms with Gasteiger partial charge in [0.05, 0.1) is 12.9 Å². The van der Waals surface area contributed by atoms with Gasteiger partial charge >= 0.3 is 7.82 Å². The predicted octanol–water partition coefficient (Wildman–Crippen LogP) is -1.52. The summed E-state index contributed by atoms with van der Waals surface area (Å²) in [5.74, 6) is -0.117. The number of ether oxygens (including phenoxy) is 1. The van der Waals surface area contributed by atoms with Crippen molar-refractivity contribution >= 4 is 24.9 Å². The summed E-state index contributed by atoms with van der Waals surface area (Å²) in [7, 11) is -4.23. The number of rotatable bonds is 2. The van der Waals surface area contributed by atoms with Gasteiger partial charge in [0.25, 0.3) is 5.56 Å². The Morgan fingerprint density at radius 1 is 1.43 bits per heavy atom. The molecule has 0 amide bonds. The number of hydrogen-bond donors (Lipinski definition) is 4. The van der Waals surface area contributed by atoms with E-state index in [9.17, 15) is 19.4 Å². The standard InChI is InChI=1S/C10H12N5O7P/c11-10-13-7-4(8(17)14-10)12-2-15(7)9-6-5(3(1-16)20-9)21-23(18,19)22-6/h2-3,5-6,9,16H,1H2,(H,18,19)(H3,11,13,14,17)/t3-,5?,6?,9-/m1/s1. The first kappa shape index (κ1) is 14.8. The van der Waals surface area contributed by atoms with Crippen LogP contribution >= 0.6 is 7.82 Å². The average molecular weight is 345 g/mol. The molecule has 2 aliphatic rings. The maximum absolute atomic E-state index is 11.8. The van der Waals surface area contributed by atoms with E-state index in [0.29, 0.717) is 0 Å². The molecule has 2 fully saturated rings. The van der Waals surface area contributed by atoms with E-state index in [2.05, 4.69) is 15.0 Å². The van der Waals surface area contributed by atoms with E-state index in [-0.39, 0.29) is 17.1 Å². The number of anilines is 1.